The highest BCUT2D eigenvalue weighted by molar-refractivity contribution is 5.91. The molecule has 3 aromatic rings. The molecule has 0 saturated heterocycles. The Morgan fingerprint density at radius 2 is 1.91 bits per heavy atom. The lowest BCUT2D eigenvalue weighted by Gasteiger charge is -2.08. The molecule has 2 N–H and O–H groups in total. The van der Waals surface area contributed by atoms with Crippen molar-refractivity contribution in [1.29, 1.82) is 0 Å². The maximum atomic E-state index is 11.9. The van der Waals surface area contributed by atoms with Gasteiger partial charge in [0.25, 0.3) is 5.91 Å². The van der Waals surface area contributed by atoms with Gasteiger partial charge in [0, 0.05) is 24.7 Å². The van der Waals surface area contributed by atoms with Crippen LogP contribution < -0.4 is 10.6 Å². The predicted molar refractivity (Wildman–Crippen MR) is 89.3 cm³/mol. The molecule has 0 atom stereocenters. The molecule has 0 aliphatic carbocycles. The van der Waals surface area contributed by atoms with E-state index in [-0.39, 0.29) is 5.91 Å². The van der Waals surface area contributed by atoms with E-state index in [1.54, 1.807) is 6.20 Å². The lowest BCUT2D eigenvalue weighted by Crippen LogP contribution is -2.29. The summed E-state index contributed by atoms with van der Waals surface area (Å²) in [6.07, 6.45) is 3.05. The number of aryl methyl sites for hydroxylation is 1. The minimum Gasteiger partial charge on any atom is -0.368 e. The van der Waals surface area contributed by atoms with Crippen LogP contribution in [-0.4, -0.2) is 33.9 Å². The van der Waals surface area contributed by atoms with Crippen LogP contribution in [0.4, 0.5) is 5.82 Å². The summed E-state index contributed by atoms with van der Waals surface area (Å²) in [5, 5.41) is 7.09. The van der Waals surface area contributed by atoms with Crippen LogP contribution in [0.3, 0.4) is 0 Å². The molecule has 1 aromatic carbocycles. The van der Waals surface area contributed by atoms with Crippen LogP contribution in [0.15, 0.2) is 48.8 Å². The molecule has 116 valence electrons. The first kappa shape index (κ1) is 14.9. The Hall–Kier alpha value is -3.02. The number of carbonyl (C=O) groups excluding carboxylic acids is 1. The molecule has 0 fully saturated rings. The number of hydrogen-bond donors (Lipinski definition) is 2. The molecule has 0 aliphatic heterocycles. The van der Waals surface area contributed by atoms with Crippen LogP contribution in [0.1, 0.15) is 16.2 Å². The van der Waals surface area contributed by atoms with E-state index >= 15 is 0 Å². The molecule has 2 aromatic heterocycles. The van der Waals surface area contributed by atoms with E-state index in [1.165, 1.54) is 6.20 Å². The van der Waals surface area contributed by atoms with E-state index in [9.17, 15) is 4.79 Å². The minimum atomic E-state index is -0.231. The summed E-state index contributed by atoms with van der Waals surface area (Å²) in [5.41, 5.74) is 2.04. The monoisotopic (exact) mass is 307 g/mol. The Balaban J connectivity index is 1.50. The third kappa shape index (κ3) is 3.79. The van der Waals surface area contributed by atoms with Crippen LogP contribution in [0.25, 0.3) is 10.9 Å². The Kier molecular flexibility index (Phi) is 4.42. The highest BCUT2D eigenvalue weighted by atomic mass is 16.1. The Morgan fingerprint density at radius 3 is 2.74 bits per heavy atom. The molecule has 3 rings (SSSR count). The maximum Gasteiger partial charge on any atom is 0.271 e. The number of nitrogens with zero attached hydrogens (tertiary/aromatic N) is 3. The number of fused-ring (bicyclic) bond motifs is 1. The number of amides is 1. The summed E-state index contributed by atoms with van der Waals surface area (Å²) in [6.45, 7) is 2.88. The van der Waals surface area contributed by atoms with E-state index in [0.29, 0.717) is 18.8 Å². The summed E-state index contributed by atoms with van der Waals surface area (Å²) in [5.74, 6) is 0.554. The summed E-state index contributed by atoms with van der Waals surface area (Å²) < 4.78 is 0. The SMILES string of the molecule is Cc1cnc(C(=O)NCCNc2ccc3ccccc3n2)cn1. The first-order valence-electron chi connectivity index (χ1n) is 7.39. The first-order valence-corrected chi connectivity index (χ1v) is 7.39. The van der Waals surface area contributed by atoms with Crippen molar-refractivity contribution >= 4 is 22.6 Å². The van der Waals surface area contributed by atoms with Gasteiger partial charge in [-0.3, -0.25) is 9.78 Å². The fourth-order valence-electron chi connectivity index (χ4n) is 2.13. The molecule has 0 saturated carbocycles. The van der Waals surface area contributed by atoms with Gasteiger partial charge < -0.3 is 10.6 Å². The second kappa shape index (κ2) is 6.83. The fraction of sp³-hybridized carbons (Fsp3) is 0.176. The van der Waals surface area contributed by atoms with E-state index < -0.39 is 0 Å². The maximum absolute atomic E-state index is 11.9. The Labute approximate surface area is 134 Å². The van der Waals surface area contributed by atoms with Crippen molar-refractivity contribution in [3.05, 3.63) is 60.2 Å². The normalized spacial score (nSPS) is 10.5. The summed E-state index contributed by atoms with van der Waals surface area (Å²) >= 11 is 0. The number of pyridine rings is 1. The summed E-state index contributed by atoms with van der Waals surface area (Å²) in [6, 6.07) is 11.9. The molecule has 0 bridgehead atoms. The number of para-hydroxylation sites is 1. The Morgan fingerprint density at radius 1 is 1.04 bits per heavy atom. The van der Waals surface area contributed by atoms with E-state index in [0.717, 1.165) is 22.4 Å². The largest absolute Gasteiger partial charge is 0.368 e. The third-order valence-corrected chi connectivity index (χ3v) is 3.33. The number of nitrogens with one attached hydrogen (secondary N) is 2. The van der Waals surface area contributed by atoms with Gasteiger partial charge in [-0.15, -0.1) is 0 Å². The van der Waals surface area contributed by atoms with Gasteiger partial charge in [0.05, 0.1) is 17.4 Å². The number of carbonyl (C=O) groups is 1. The fourth-order valence-corrected chi connectivity index (χ4v) is 2.13. The standard InChI is InChI=1S/C17H17N5O/c1-12-10-21-15(11-20-12)17(23)19-9-8-18-16-7-6-13-4-2-3-5-14(13)22-16/h2-7,10-11H,8-9H2,1H3,(H,18,22)(H,19,23). The highest BCUT2D eigenvalue weighted by Crippen LogP contribution is 2.14. The van der Waals surface area contributed by atoms with Crippen molar-refractivity contribution < 1.29 is 4.79 Å². The van der Waals surface area contributed by atoms with Crippen molar-refractivity contribution in [3.8, 4) is 0 Å². The van der Waals surface area contributed by atoms with Crippen molar-refractivity contribution in [2.24, 2.45) is 0 Å². The van der Waals surface area contributed by atoms with Gasteiger partial charge in [-0.25, -0.2) is 9.97 Å². The lowest BCUT2D eigenvalue weighted by molar-refractivity contribution is 0.0950. The first-order chi connectivity index (χ1) is 11.2. The van der Waals surface area contributed by atoms with E-state index in [2.05, 4.69) is 25.6 Å². The molecule has 0 radical (unpaired) electrons. The van der Waals surface area contributed by atoms with E-state index in [4.69, 9.17) is 0 Å². The zero-order valence-corrected chi connectivity index (χ0v) is 12.8. The quantitative estimate of drug-likeness (QED) is 0.706. The minimum absolute atomic E-state index is 0.231. The molecule has 6 heteroatoms. The van der Waals surface area contributed by atoms with Crippen LogP contribution in [0, 0.1) is 6.92 Å². The summed E-state index contributed by atoms with van der Waals surface area (Å²) in [7, 11) is 0. The third-order valence-electron chi connectivity index (χ3n) is 3.33. The molecule has 6 nitrogen and oxygen atoms in total. The summed E-state index contributed by atoms with van der Waals surface area (Å²) in [4.78, 5) is 24.5. The zero-order valence-electron chi connectivity index (χ0n) is 12.8. The van der Waals surface area contributed by atoms with Gasteiger partial charge in [0.15, 0.2) is 0 Å². The second-order valence-corrected chi connectivity index (χ2v) is 5.11. The molecule has 23 heavy (non-hydrogen) atoms. The van der Waals surface area contributed by atoms with E-state index in [1.807, 2.05) is 43.3 Å². The zero-order chi connectivity index (χ0) is 16.1. The second-order valence-electron chi connectivity index (χ2n) is 5.11. The van der Waals surface area contributed by atoms with Crippen molar-refractivity contribution in [1.82, 2.24) is 20.3 Å². The molecular formula is C17H17N5O. The molecule has 1 amide bonds. The van der Waals surface area contributed by atoms with Crippen LogP contribution in [0.2, 0.25) is 0 Å². The number of rotatable bonds is 5. The van der Waals surface area contributed by atoms with Crippen molar-refractivity contribution in [2.75, 3.05) is 18.4 Å². The van der Waals surface area contributed by atoms with Crippen LogP contribution in [0.5, 0.6) is 0 Å². The molecule has 0 aliphatic rings. The van der Waals surface area contributed by atoms with Gasteiger partial charge in [-0.05, 0) is 25.1 Å². The highest BCUT2D eigenvalue weighted by Gasteiger charge is 2.06. The predicted octanol–water partition coefficient (Wildman–Crippen LogP) is 2.18. The smallest absolute Gasteiger partial charge is 0.271 e. The van der Waals surface area contributed by atoms with Crippen LogP contribution >= 0.6 is 0 Å². The van der Waals surface area contributed by atoms with Gasteiger partial charge in [-0.2, -0.15) is 0 Å². The average molecular weight is 307 g/mol. The number of benzene rings is 1. The molecular weight excluding hydrogens is 290 g/mol. The van der Waals surface area contributed by atoms with Gasteiger partial charge in [0.2, 0.25) is 0 Å². The molecule has 0 spiro atoms. The van der Waals surface area contributed by atoms with Crippen molar-refractivity contribution in [3.63, 3.8) is 0 Å². The number of aromatic nitrogens is 3. The Bertz CT molecular complexity index is 817. The molecule has 2 heterocycles. The number of anilines is 1. The van der Waals surface area contributed by atoms with Gasteiger partial charge >= 0.3 is 0 Å². The lowest BCUT2D eigenvalue weighted by atomic mass is 10.2. The van der Waals surface area contributed by atoms with Gasteiger partial charge in [0.1, 0.15) is 11.5 Å². The van der Waals surface area contributed by atoms with Crippen LogP contribution in [-0.2, 0) is 0 Å². The van der Waals surface area contributed by atoms with Crippen molar-refractivity contribution in [2.45, 2.75) is 6.92 Å². The van der Waals surface area contributed by atoms with Gasteiger partial charge in [-0.1, -0.05) is 18.2 Å². The number of hydrogen-bond acceptors (Lipinski definition) is 5. The molecule has 0 unspecified atom stereocenters. The topological polar surface area (TPSA) is 79.8 Å². The average Bonchev–Trinajstić information content (AvgIpc) is 2.59.